The van der Waals surface area contributed by atoms with Gasteiger partial charge >= 0.3 is 0 Å². The first-order chi connectivity index (χ1) is 11.5. The summed E-state index contributed by atoms with van der Waals surface area (Å²) in [6, 6.07) is 13.1. The number of hydrogen-bond acceptors (Lipinski definition) is 3. The summed E-state index contributed by atoms with van der Waals surface area (Å²) in [5, 5.41) is 0. The van der Waals surface area contributed by atoms with Crippen LogP contribution in [0.5, 0.6) is 0 Å². The molecule has 1 aliphatic rings. The molecule has 0 saturated carbocycles. The van der Waals surface area contributed by atoms with Crippen LogP contribution in [0.2, 0.25) is 0 Å². The average Bonchev–Trinajstić information content (AvgIpc) is 2.58. The summed E-state index contributed by atoms with van der Waals surface area (Å²) in [6.45, 7) is 5.86. The van der Waals surface area contributed by atoms with Crippen molar-refractivity contribution < 1.29 is 8.42 Å². The lowest BCUT2D eigenvalue weighted by molar-refractivity contribution is 0.578. The van der Waals surface area contributed by atoms with Crippen molar-refractivity contribution >= 4 is 21.4 Å². The number of rotatable bonds is 4. The second kappa shape index (κ2) is 6.85. The van der Waals surface area contributed by atoms with Gasteiger partial charge in [0.15, 0.2) is 0 Å². The highest BCUT2D eigenvalue weighted by Crippen LogP contribution is 2.24. The Morgan fingerprint density at radius 2 is 1.58 bits per heavy atom. The molecule has 2 aromatic carbocycles. The summed E-state index contributed by atoms with van der Waals surface area (Å²) in [5.74, 6) is 0. The number of aryl methyl sites for hydroxylation is 2. The Balaban J connectivity index is 1.78. The normalized spacial score (nSPS) is 15.3. The van der Waals surface area contributed by atoms with Crippen LogP contribution in [0.25, 0.3) is 0 Å². The first-order valence-electron chi connectivity index (χ1n) is 8.41. The van der Waals surface area contributed by atoms with E-state index in [1.807, 2.05) is 50.2 Å². The summed E-state index contributed by atoms with van der Waals surface area (Å²) < 4.78 is 28.0. The minimum Gasteiger partial charge on any atom is -0.372 e. The number of hydrogen-bond donors (Lipinski definition) is 1. The van der Waals surface area contributed by atoms with Crippen LogP contribution in [0, 0.1) is 13.8 Å². The SMILES string of the molecule is Cc1ccc(C)c(S(=O)(=O)Nc2ccc(N3CCCCC3)cc2)c1. The van der Waals surface area contributed by atoms with Gasteiger partial charge in [-0.25, -0.2) is 8.42 Å². The van der Waals surface area contributed by atoms with Gasteiger partial charge in [-0.1, -0.05) is 12.1 Å². The van der Waals surface area contributed by atoms with Crippen LogP contribution in [0.3, 0.4) is 0 Å². The Kier molecular flexibility index (Phi) is 4.81. The predicted molar refractivity (Wildman–Crippen MR) is 99.2 cm³/mol. The molecule has 0 radical (unpaired) electrons. The third-order valence-electron chi connectivity index (χ3n) is 4.47. The number of sulfonamides is 1. The zero-order valence-corrected chi connectivity index (χ0v) is 15.1. The fourth-order valence-electron chi connectivity index (χ4n) is 3.10. The summed E-state index contributed by atoms with van der Waals surface area (Å²) in [7, 11) is -3.57. The van der Waals surface area contributed by atoms with E-state index in [1.54, 1.807) is 6.07 Å². The van der Waals surface area contributed by atoms with Crippen LogP contribution in [0.4, 0.5) is 11.4 Å². The highest BCUT2D eigenvalue weighted by molar-refractivity contribution is 7.92. The molecule has 1 fully saturated rings. The van der Waals surface area contributed by atoms with E-state index in [2.05, 4.69) is 9.62 Å². The molecule has 1 saturated heterocycles. The topological polar surface area (TPSA) is 49.4 Å². The van der Waals surface area contributed by atoms with E-state index in [9.17, 15) is 8.42 Å². The van der Waals surface area contributed by atoms with Gasteiger partial charge in [-0.05, 0) is 74.6 Å². The van der Waals surface area contributed by atoms with E-state index in [0.717, 1.165) is 29.9 Å². The molecule has 0 atom stereocenters. The van der Waals surface area contributed by atoms with Crippen molar-refractivity contribution in [3.63, 3.8) is 0 Å². The van der Waals surface area contributed by atoms with Gasteiger partial charge in [-0.3, -0.25) is 4.72 Å². The Morgan fingerprint density at radius 3 is 2.25 bits per heavy atom. The fourth-order valence-corrected chi connectivity index (χ4v) is 4.49. The van der Waals surface area contributed by atoms with Crippen LogP contribution in [0.15, 0.2) is 47.4 Å². The van der Waals surface area contributed by atoms with Crippen LogP contribution < -0.4 is 9.62 Å². The quantitative estimate of drug-likeness (QED) is 0.908. The molecule has 1 aliphatic heterocycles. The lowest BCUT2D eigenvalue weighted by atomic mass is 10.1. The van der Waals surface area contributed by atoms with Crippen molar-refractivity contribution in [2.75, 3.05) is 22.7 Å². The molecule has 24 heavy (non-hydrogen) atoms. The summed E-state index contributed by atoms with van der Waals surface area (Å²) in [6.07, 6.45) is 3.74. The Hall–Kier alpha value is -2.01. The lowest BCUT2D eigenvalue weighted by Crippen LogP contribution is -2.29. The fraction of sp³-hybridized carbons (Fsp3) is 0.368. The molecular weight excluding hydrogens is 320 g/mol. The van der Waals surface area contributed by atoms with E-state index in [0.29, 0.717) is 10.6 Å². The molecule has 0 spiro atoms. The Bertz CT molecular complexity index is 808. The van der Waals surface area contributed by atoms with Crippen molar-refractivity contribution in [3.8, 4) is 0 Å². The molecule has 3 rings (SSSR count). The molecule has 0 amide bonds. The maximum atomic E-state index is 12.6. The highest BCUT2D eigenvalue weighted by atomic mass is 32.2. The minimum absolute atomic E-state index is 0.336. The maximum Gasteiger partial charge on any atom is 0.262 e. The molecule has 128 valence electrons. The smallest absolute Gasteiger partial charge is 0.262 e. The highest BCUT2D eigenvalue weighted by Gasteiger charge is 2.17. The van der Waals surface area contributed by atoms with E-state index >= 15 is 0 Å². The number of benzene rings is 2. The summed E-state index contributed by atoms with van der Waals surface area (Å²) >= 11 is 0. The molecule has 5 heteroatoms. The number of nitrogens with zero attached hydrogens (tertiary/aromatic N) is 1. The lowest BCUT2D eigenvalue weighted by Gasteiger charge is -2.28. The largest absolute Gasteiger partial charge is 0.372 e. The molecule has 1 heterocycles. The number of anilines is 2. The van der Waals surface area contributed by atoms with Gasteiger partial charge in [0.25, 0.3) is 10.0 Å². The second-order valence-electron chi connectivity index (χ2n) is 6.47. The van der Waals surface area contributed by atoms with Crippen molar-refractivity contribution in [2.24, 2.45) is 0 Å². The zero-order valence-electron chi connectivity index (χ0n) is 14.2. The monoisotopic (exact) mass is 344 g/mol. The molecule has 0 aromatic heterocycles. The van der Waals surface area contributed by atoms with E-state index in [4.69, 9.17) is 0 Å². The van der Waals surface area contributed by atoms with Gasteiger partial charge in [0.05, 0.1) is 4.90 Å². The van der Waals surface area contributed by atoms with Gasteiger partial charge < -0.3 is 4.90 Å². The zero-order chi connectivity index (χ0) is 17.2. The number of piperidine rings is 1. The van der Waals surface area contributed by atoms with Crippen molar-refractivity contribution in [2.45, 2.75) is 38.0 Å². The molecule has 2 aromatic rings. The van der Waals surface area contributed by atoms with Crippen molar-refractivity contribution in [1.82, 2.24) is 0 Å². The second-order valence-corrected chi connectivity index (χ2v) is 8.12. The molecule has 0 bridgehead atoms. The minimum atomic E-state index is -3.57. The summed E-state index contributed by atoms with van der Waals surface area (Å²) in [5.41, 5.74) is 3.43. The standard InChI is InChI=1S/C19H24N2O2S/c1-15-6-7-16(2)19(14-15)24(22,23)20-17-8-10-18(11-9-17)21-12-4-3-5-13-21/h6-11,14,20H,3-5,12-13H2,1-2H3. The molecule has 4 nitrogen and oxygen atoms in total. The Morgan fingerprint density at radius 1 is 0.917 bits per heavy atom. The van der Waals surface area contributed by atoms with Crippen molar-refractivity contribution in [3.05, 3.63) is 53.6 Å². The van der Waals surface area contributed by atoms with E-state index in [1.165, 1.54) is 19.3 Å². The average molecular weight is 344 g/mol. The van der Waals surface area contributed by atoms with Crippen LogP contribution >= 0.6 is 0 Å². The molecular formula is C19H24N2O2S. The Labute approximate surface area is 144 Å². The first-order valence-corrected chi connectivity index (χ1v) is 9.89. The molecule has 0 unspecified atom stereocenters. The van der Waals surface area contributed by atoms with Crippen LogP contribution in [0.1, 0.15) is 30.4 Å². The van der Waals surface area contributed by atoms with Gasteiger partial charge in [0.2, 0.25) is 0 Å². The molecule has 1 N–H and O–H groups in total. The number of nitrogens with one attached hydrogen (secondary N) is 1. The van der Waals surface area contributed by atoms with E-state index in [-0.39, 0.29) is 0 Å². The molecule has 0 aliphatic carbocycles. The first kappa shape index (κ1) is 16.8. The van der Waals surface area contributed by atoms with Gasteiger partial charge in [0.1, 0.15) is 0 Å². The van der Waals surface area contributed by atoms with Gasteiger partial charge in [-0.15, -0.1) is 0 Å². The van der Waals surface area contributed by atoms with Crippen LogP contribution in [-0.2, 0) is 10.0 Å². The van der Waals surface area contributed by atoms with E-state index < -0.39 is 10.0 Å². The maximum absolute atomic E-state index is 12.6. The predicted octanol–water partition coefficient (Wildman–Crippen LogP) is 4.09. The van der Waals surface area contributed by atoms with Crippen LogP contribution in [-0.4, -0.2) is 21.5 Å². The van der Waals surface area contributed by atoms with Crippen molar-refractivity contribution in [1.29, 1.82) is 0 Å². The third-order valence-corrected chi connectivity index (χ3v) is 6.00. The third kappa shape index (κ3) is 3.73. The van der Waals surface area contributed by atoms with Gasteiger partial charge in [-0.2, -0.15) is 0 Å². The summed E-state index contributed by atoms with van der Waals surface area (Å²) in [4.78, 5) is 2.69. The van der Waals surface area contributed by atoms with Gasteiger partial charge in [0, 0.05) is 24.5 Å².